The maximum Gasteiger partial charge on any atom is 0.257 e. The number of halogens is 1. The Kier molecular flexibility index (Phi) is 6.74. The van der Waals surface area contributed by atoms with E-state index in [0.29, 0.717) is 41.3 Å². The first-order chi connectivity index (χ1) is 16.5. The van der Waals surface area contributed by atoms with Crippen LogP contribution in [0.2, 0.25) is 0 Å². The van der Waals surface area contributed by atoms with Crippen LogP contribution >= 0.6 is 11.3 Å². The third-order valence-corrected chi connectivity index (χ3v) is 8.25. The zero-order chi connectivity index (χ0) is 23.7. The molecular formula is C25H29FN4O3S. The van der Waals surface area contributed by atoms with Crippen molar-refractivity contribution in [1.29, 1.82) is 0 Å². The van der Waals surface area contributed by atoms with E-state index in [9.17, 15) is 18.8 Å². The average Bonchev–Trinajstić information content (AvgIpc) is 3.27. The van der Waals surface area contributed by atoms with Gasteiger partial charge in [0.15, 0.2) is 10.9 Å². The predicted molar refractivity (Wildman–Crippen MR) is 128 cm³/mol. The molecule has 180 valence electrons. The number of piperazine rings is 1. The van der Waals surface area contributed by atoms with Gasteiger partial charge in [0.1, 0.15) is 5.82 Å². The molecule has 5 rings (SSSR count). The van der Waals surface area contributed by atoms with Crippen molar-refractivity contribution < 1.29 is 18.8 Å². The molecule has 34 heavy (non-hydrogen) atoms. The Morgan fingerprint density at radius 2 is 1.82 bits per heavy atom. The van der Waals surface area contributed by atoms with Crippen molar-refractivity contribution >= 4 is 34.1 Å². The van der Waals surface area contributed by atoms with Crippen LogP contribution in [0.25, 0.3) is 0 Å². The summed E-state index contributed by atoms with van der Waals surface area (Å²) in [6, 6.07) is 6.05. The van der Waals surface area contributed by atoms with E-state index in [1.165, 1.54) is 50.3 Å². The molecule has 2 aliphatic carbocycles. The predicted octanol–water partition coefficient (Wildman–Crippen LogP) is 3.76. The quantitative estimate of drug-likeness (QED) is 0.715. The summed E-state index contributed by atoms with van der Waals surface area (Å²) in [5.74, 6) is -1.47. The number of fused-ring (bicyclic) bond motifs is 1. The van der Waals surface area contributed by atoms with E-state index in [-0.39, 0.29) is 23.7 Å². The Bertz CT molecular complexity index is 1090. The van der Waals surface area contributed by atoms with Crippen LogP contribution in [0.1, 0.15) is 64.2 Å². The lowest BCUT2D eigenvalue weighted by Gasteiger charge is -2.41. The highest BCUT2D eigenvalue weighted by Gasteiger charge is 2.36. The summed E-state index contributed by atoms with van der Waals surface area (Å²) in [5, 5.41) is 2.95. The maximum atomic E-state index is 13.4. The van der Waals surface area contributed by atoms with Gasteiger partial charge in [-0.25, -0.2) is 9.37 Å². The molecule has 0 spiro atoms. The SMILES string of the molecule is O=C(Nc1nc2c(s1)C(=O)C[C@@H](C(=O)N1CCN(C3CCCCC3)CC1)C2)c1cccc(F)c1. The van der Waals surface area contributed by atoms with Crippen molar-refractivity contribution in [3.05, 3.63) is 46.2 Å². The van der Waals surface area contributed by atoms with Crippen molar-refractivity contribution in [2.75, 3.05) is 31.5 Å². The number of Topliss-reactive ketones (excluding diaryl/α,β-unsaturated/α-hetero) is 1. The first-order valence-corrected chi connectivity index (χ1v) is 12.9. The third kappa shape index (κ3) is 4.90. The topological polar surface area (TPSA) is 82.6 Å². The van der Waals surface area contributed by atoms with Crippen molar-refractivity contribution in [1.82, 2.24) is 14.8 Å². The maximum absolute atomic E-state index is 13.4. The number of aromatic nitrogens is 1. The van der Waals surface area contributed by atoms with Gasteiger partial charge in [0, 0.05) is 50.6 Å². The molecule has 1 saturated heterocycles. The van der Waals surface area contributed by atoms with Crippen LogP contribution in [0.15, 0.2) is 24.3 Å². The Labute approximate surface area is 202 Å². The van der Waals surface area contributed by atoms with Crippen LogP contribution in [-0.2, 0) is 11.2 Å². The first-order valence-electron chi connectivity index (χ1n) is 12.1. The second-order valence-corrected chi connectivity index (χ2v) is 10.4. The van der Waals surface area contributed by atoms with Gasteiger partial charge in [-0.2, -0.15) is 0 Å². The fourth-order valence-electron chi connectivity index (χ4n) is 5.37. The lowest BCUT2D eigenvalue weighted by molar-refractivity contribution is -0.137. The summed E-state index contributed by atoms with van der Waals surface area (Å²) < 4.78 is 13.4. The molecule has 2 aromatic rings. The van der Waals surface area contributed by atoms with Gasteiger partial charge in [0.05, 0.1) is 16.5 Å². The number of carbonyl (C=O) groups is 3. The minimum Gasteiger partial charge on any atom is -0.340 e. The monoisotopic (exact) mass is 484 g/mol. The van der Waals surface area contributed by atoms with E-state index in [0.717, 1.165) is 30.5 Å². The summed E-state index contributed by atoms with van der Waals surface area (Å²) in [5.41, 5.74) is 0.745. The Morgan fingerprint density at radius 3 is 2.56 bits per heavy atom. The van der Waals surface area contributed by atoms with Crippen molar-refractivity contribution in [3.63, 3.8) is 0 Å². The van der Waals surface area contributed by atoms with Gasteiger partial charge in [-0.3, -0.25) is 24.6 Å². The highest BCUT2D eigenvalue weighted by Crippen LogP contribution is 2.33. The molecule has 1 atom stereocenters. The summed E-state index contributed by atoms with van der Waals surface area (Å²) >= 11 is 1.12. The van der Waals surface area contributed by atoms with Crippen LogP contribution in [-0.4, -0.2) is 64.6 Å². The molecule has 1 aliphatic heterocycles. The Morgan fingerprint density at radius 1 is 1.06 bits per heavy atom. The van der Waals surface area contributed by atoms with Crippen molar-refractivity contribution in [3.8, 4) is 0 Å². The van der Waals surface area contributed by atoms with Crippen LogP contribution in [0.5, 0.6) is 0 Å². The number of rotatable bonds is 4. The van der Waals surface area contributed by atoms with Crippen LogP contribution in [0.3, 0.4) is 0 Å². The molecule has 0 unspecified atom stereocenters. The second-order valence-electron chi connectivity index (χ2n) is 9.44. The summed E-state index contributed by atoms with van der Waals surface area (Å²) in [6.07, 6.45) is 7.03. The van der Waals surface area contributed by atoms with Gasteiger partial charge >= 0.3 is 0 Å². The number of nitrogens with zero attached hydrogens (tertiary/aromatic N) is 3. The number of carbonyl (C=O) groups excluding carboxylic acids is 3. The van der Waals surface area contributed by atoms with Gasteiger partial charge in [-0.1, -0.05) is 36.7 Å². The zero-order valence-corrected chi connectivity index (χ0v) is 19.9. The normalized spacial score (nSPS) is 21.9. The summed E-state index contributed by atoms with van der Waals surface area (Å²) in [7, 11) is 0. The minimum atomic E-state index is -0.498. The van der Waals surface area contributed by atoms with Crippen LogP contribution < -0.4 is 5.32 Å². The van der Waals surface area contributed by atoms with E-state index < -0.39 is 17.6 Å². The van der Waals surface area contributed by atoms with Gasteiger partial charge in [-0.05, 0) is 31.0 Å². The van der Waals surface area contributed by atoms with E-state index in [4.69, 9.17) is 0 Å². The molecule has 1 aromatic carbocycles. The lowest BCUT2D eigenvalue weighted by Crippen LogP contribution is -2.54. The Hall–Kier alpha value is -2.65. The lowest BCUT2D eigenvalue weighted by atomic mass is 9.88. The largest absolute Gasteiger partial charge is 0.340 e. The molecule has 2 amide bonds. The number of benzene rings is 1. The number of hydrogen-bond donors (Lipinski definition) is 1. The summed E-state index contributed by atoms with van der Waals surface area (Å²) in [4.78, 5) is 47.8. The molecular weight excluding hydrogens is 455 g/mol. The van der Waals surface area contributed by atoms with E-state index in [2.05, 4.69) is 15.2 Å². The van der Waals surface area contributed by atoms with E-state index in [1.54, 1.807) is 0 Å². The fourth-order valence-corrected chi connectivity index (χ4v) is 6.31. The molecule has 9 heteroatoms. The fraction of sp³-hybridized carbons (Fsp3) is 0.520. The average molecular weight is 485 g/mol. The molecule has 1 aromatic heterocycles. The van der Waals surface area contributed by atoms with Crippen LogP contribution in [0, 0.1) is 11.7 Å². The molecule has 3 aliphatic rings. The molecule has 1 N–H and O–H groups in total. The van der Waals surface area contributed by atoms with Gasteiger partial charge in [-0.15, -0.1) is 0 Å². The second kappa shape index (κ2) is 9.92. The number of amides is 2. The number of nitrogens with one attached hydrogen (secondary N) is 1. The standard InChI is InChI=1S/C25H29FN4O3S/c26-18-6-4-5-16(13-18)23(32)28-25-27-20-14-17(15-21(31)22(20)34-25)24(33)30-11-9-29(10-12-30)19-7-2-1-3-8-19/h4-6,13,17,19H,1-3,7-12,14-15H2,(H,27,28,32)/t17-/m0/s1. The molecule has 2 fully saturated rings. The first kappa shape index (κ1) is 23.1. The number of thiazole rings is 1. The van der Waals surface area contributed by atoms with Crippen molar-refractivity contribution in [2.45, 2.75) is 51.0 Å². The highest BCUT2D eigenvalue weighted by molar-refractivity contribution is 7.17. The smallest absolute Gasteiger partial charge is 0.257 e. The number of hydrogen-bond acceptors (Lipinski definition) is 6. The summed E-state index contributed by atoms with van der Waals surface area (Å²) in [6.45, 7) is 3.21. The van der Waals surface area contributed by atoms with Gasteiger partial charge in [0.25, 0.3) is 5.91 Å². The Balaban J connectivity index is 1.20. The zero-order valence-electron chi connectivity index (χ0n) is 19.1. The molecule has 7 nitrogen and oxygen atoms in total. The van der Waals surface area contributed by atoms with Gasteiger partial charge in [0.2, 0.25) is 5.91 Å². The molecule has 0 bridgehead atoms. The molecule has 1 saturated carbocycles. The van der Waals surface area contributed by atoms with Crippen molar-refractivity contribution in [2.24, 2.45) is 5.92 Å². The van der Waals surface area contributed by atoms with E-state index in [1.807, 2.05) is 4.90 Å². The highest BCUT2D eigenvalue weighted by atomic mass is 32.1. The molecule has 0 radical (unpaired) electrons. The molecule has 2 heterocycles. The number of ketones is 1. The van der Waals surface area contributed by atoms with Gasteiger partial charge < -0.3 is 4.90 Å². The third-order valence-electron chi connectivity index (χ3n) is 7.20. The minimum absolute atomic E-state index is 0.0284. The number of anilines is 1. The van der Waals surface area contributed by atoms with Crippen LogP contribution in [0.4, 0.5) is 9.52 Å². The van der Waals surface area contributed by atoms with E-state index >= 15 is 0 Å².